The second-order valence-corrected chi connectivity index (χ2v) is 6.32. The number of hydrogen-bond donors (Lipinski definition) is 1. The molecule has 0 unspecified atom stereocenters. The molecule has 0 bridgehead atoms. The molecule has 2 N–H and O–H groups in total. The number of rotatable bonds is 5. The summed E-state index contributed by atoms with van der Waals surface area (Å²) < 4.78 is 10.7. The number of fused-ring (bicyclic) bond motifs is 1. The van der Waals surface area contributed by atoms with Gasteiger partial charge in [0.25, 0.3) is 0 Å². The number of ether oxygens (including phenoxy) is 2. The first-order valence-corrected chi connectivity index (χ1v) is 8.82. The molecule has 0 aliphatic carbocycles. The van der Waals surface area contributed by atoms with E-state index in [0.29, 0.717) is 23.3 Å². The zero-order valence-corrected chi connectivity index (χ0v) is 15.3. The minimum absolute atomic E-state index is 0.468. The second-order valence-electron chi connectivity index (χ2n) is 6.32. The van der Waals surface area contributed by atoms with Crippen LogP contribution in [0.2, 0.25) is 0 Å². The Morgan fingerprint density at radius 2 is 1.80 bits per heavy atom. The maximum Gasteiger partial charge on any atom is 0.227 e. The van der Waals surface area contributed by atoms with Crippen molar-refractivity contribution in [3.63, 3.8) is 0 Å². The summed E-state index contributed by atoms with van der Waals surface area (Å²) in [4.78, 5) is 14.0. The van der Waals surface area contributed by atoms with E-state index >= 15 is 0 Å². The first-order chi connectivity index (χ1) is 12.2. The number of hydrogen-bond acceptors (Lipinski definition) is 7. The third-order valence-corrected chi connectivity index (χ3v) is 4.63. The Morgan fingerprint density at radius 3 is 2.52 bits per heavy atom. The van der Waals surface area contributed by atoms with Crippen LogP contribution in [0.1, 0.15) is 19.8 Å². The van der Waals surface area contributed by atoms with Crippen molar-refractivity contribution in [1.82, 2.24) is 14.9 Å². The largest absolute Gasteiger partial charge is 0.493 e. The molecule has 1 fully saturated rings. The molecule has 0 spiro atoms. The highest BCUT2D eigenvalue weighted by Gasteiger charge is 2.19. The van der Waals surface area contributed by atoms with Gasteiger partial charge in [-0.2, -0.15) is 4.98 Å². The highest BCUT2D eigenvalue weighted by molar-refractivity contribution is 5.91. The lowest BCUT2D eigenvalue weighted by atomic mass is 10.2. The standard InChI is InChI=1S/C18H27N5O2/c1-4-6-22-7-5-8-23(10-9-22)18-20-14-12-16(25-3)15(24-2)11-13(14)17(19)21-18/h11-12H,4-10H2,1-3H3,(H2,19,20,21). The average molecular weight is 345 g/mol. The van der Waals surface area contributed by atoms with Gasteiger partial charge in [-0.15, -0.1) is 0 Å². The minimum atomic E-state index is 0.468. The van der Waals surface area contributed by atoms with Crippen LogP contribution in [0, 0.1) is 0 Å². The van der Waals surface area contributed by atoms with Gasteiger partial charge in [-0.05, 0) is 32.0 Å². The molecule has 1 aromatic carbocycles. The maximum absolute atomic E-state index is 6.21. The number of methoxy groups -OCH3 is 2. The van der Waals surface area contributed by atoms with Gasteiger partial charge in [-0.3, -0.25) is 0 Å². The van der Waals surface area contributed by atoms with Crippen molar-refractivity contribution in [2.75, 3.05) is 57.6 Å². The summed E-state index contributed by atoms with van der Waals surface area (Å²) in [5.74, 6) is 2.43. The Labute approximate surface area is 148 Å². The van der Waals surface area contributed by atoms with E-state index in [-0.39, 0.29) is 0 Å². The van der Waals surface area contributed by atoms with E-state index in [1.165, 1.54) is 6.42 Å². The molecule has 136 valence electrons. The molecule has 2 aromatic rings. The Hall–Kier alpha value is -2.28. The molecule has 1 aliphatic rings. The molecule has 0 atom stereocenters. The van der Waals surface area contributed by atoms with Gasteiger partial charge < -0.3 is 25.0 Å². The number of nitrogens with zero attached hydrogens (tertiary/aromatic N) is 4. The SMILES string of the molecule is CCCN1CCCN(c2nc(N)c3cc(OC)c(OC)cc3n2)CC1. The fourth-order valence-electron chi connectivity index (χ4n) is 3.32. The van der Waals surface area contributed by atoms with Crippen molar-refractivity contribution < 1.29 is 9.47 Å². The van der Waals surface area contributed by atoms with E-state index in [1.54, 1.807) is 14.2 Å². The topological polar surface area (TPSA) is 76.7 Å². The molecule has 1 saturated heterocycles. The smallest absolute Gasteiger partial charge is 0.227 e. The molecule has 0 saturated carbocycles. The lowest BCUT2D eigenvalue weighted by Gasteiger charge is -2.22. The Balaban J connectivity index is 1.92. The fourth-order valence-corrected chi connectivity index (χ4v) is 3.32. The van der Waals surface area contributed by atoms with Crippen molar-refractivity contribution >= 4 is 22.7 Å². The van der Waals surface area contributed by atoms with Crippen LogP contribution in [0.5, 0.6) is 11.5 Å². The van der Waals surface area contributed by atoms with Gasteiger partial charge in [0.2, 0.25) is 5.95 Å². The molecule has 7 heteroatoms. The van der Waals surface area contributed by atoms with Crippen molar-refractivity contribution in [1.29, 1.82) is 0 Å². The first-order valence-electron chi connectivity index (χ1n) is 8.82. The minimum Gasteiger partial charge on any atom is -0.493 e. The molecule has 0 amide bonds. The predicted octanol–water partition coefficient (Wildman–Crippen LogP) is 2.15. The summed E-state index contributed by atoms with van der Waals surface area (Å²) in [5.41, 5.74) is 6.98. The van der Waals surface area contributed by atoms with E-state index < -0.39 is 0 Å². The number of anilines is 2. The van der Waals surface area contributed by atoms with Crippen molar-refractivity contribution in [2.24, 2.45) is 0 Å². The number of benzene rings is 1. The Bertz CT molecular complexity index is 737. The van der Waals surface area contributed by atoms with Crippen LogP contribution in [0.4, 0.5) is 11.8 Å². The van der Waals surface area contributed by atoms with E-state index in [9.17, 15) is 0 Å². The van der Waals surface area contributed by atoms with Gasteiger partial charge in [-0.25, -0.2) is 4.98 Å². The van der Waals surface area contributed by atoms with Crippen molar-refractivity contribution in [3.05, 3.63) is 12.1 Å². The van der Waals surface area contributed by atoms with Gasteiger partial charge in [0.1, 0.15) is 5.82 Å². The van der Waals surface area contributed by atoms with Gasteiger partial charge in [0.15, 0.2) is 11.5 Å². The van der Waals surface area contributed by atoms with Crippen LogP contribution in [0.25, 0.3) is 10.9 Å². The highest BCUT2D eigenvalue weighted by atomic mass is 16.5. The summed E-state index contributed by atoms with van der Waals surface area (Å²) >= 11 is 0. The van der Waals surface area contributed by atoms with Crippen LogP contribution in [0.15, 0.2) is 12.1 Å². The first kappa shape index (κ1) is 17.5. The molecular formula is C18H27N5O2. The van der Waals surface area contributed by atoms with E-state index in [1.807, 2.05) is 12.1 Å². The van der Waals surface area contributed by atoms with E-state index in [2.05, 4.69) is 21.7 Å². The number of nitrogens with two attached hydrogens (primary N) is 1. The maximum atomic E-state index is 6.21. The molecule has 25 heavy (non-hydrogen) atoms. The lowest BCUT2D eigenvalue weighted by Crippen LogP contribution is -2.32. The summed E-state index contributed by atoms with van der Waals surface area (Å²) in [6.07, 6.45) is 2.29. The zero-order chi connectivity index (χ0) is 17.8. The molecular weight excluding hydrogens is 318 g/mol. The Kier molecular flexibility index (Phi) is 5.43. The molecule has 2 heterocycles. The van der Waals surface area contributed by atoms with Gasteiger partial charge in [0, 0.05) is 31.1 Å². The molecule has 1 aliphatic heterocycles. The van der Waals surface area contributed by atoms with Gasteiger partial charge in [-0.1, -0.05) is 6.92 Å². The summed E-state index contributed by atoms with van der Waals surface area (Å²) in [6, 6.07) is 3.69. The Morgan fingerprint density at radius 1 is 1.04 bits per heavy atom. The quantitative estimate of drug-likeness (QED) is 0.890. The molecule has 0 radical (unpaired) electrons. The van der Waals surface area contributed by atoms with Gasteiger partial charge >= 0.3 is 0 Å². The van der Waals surface area contributed by atoms with Gasteiger partial charge in [0.05, 0.1) is 19.7 Å². The average Bonchev–Trinajstić information content (AvgIpc) is 2.86. The van der Waals surface area contributed by atoms with Crippen molar-refractivity contribution in [2.45, 2.75) is 19.8 Å². The fraction of sp³-hybridized carbons (Fsp3) is 0.556. The number of aromatic nitrogens is 2. The van der Waals surface area contributed by atoms with Crippen molar-refractivity contribution in [3.8, 4) is 11.5 Å². The highest BCUT2D eigenvalue weighted by Crippen LogP contribution is 2.34. The molecule has 1 aromatic heterocycles. The molecule has 3 rings (SSSR count). The monoisotopic (exact) mass is 345 g/mol. The predicted molar refractivity (Wildman–Crippen MR) is 101 cm³/mol. The van der Waals surface area contributed by atoms with Crippen LogP contribution in [0.3, 0.4) is 0 Å². The third kappa shape index (κ3) is 3.71. The van der Waals surface area contributed by atoms with E-state index in [0.717, 1.165) is 50.0 Å². The lowest BCUT2D eigenvalue weighted by molar-refractivity contribution is 0.294. The van der Waals surface area contributed by atoms with Crippen LogP contribution >= 0.6 is 0 Å². The summed E-state index contributed by atoms with van der Waals surface area (Å²) in [6.45, 7) is 7.37. The zero-order valence-electron chi connectivity index (χ0n) is 15.3. The summed E-state index contributed by atoms with van der Waals surface area (Å²) in [7, 11) is 3.22. The van der Waals surface area contributed by atoms with Crippen LogP contribution in [-0.4, -0.2) is 61.8 Å². The third-order valence-electron chi connectivity index (χ3n) is 4.63. The van der Waals surface area contributed by atoms with Crippen LogP contribution < -0.4 is 20.1 Å². The van der Waals surface area contributed by atoms with Crippen LogP contribution in [-0.2, 0) is 0 Å². The molecule has 7 nitrogen and oxygen atoms in total. The van der Waals surface area contributed by atoms with E-state index in [4.69, 9.17) is 20.2 Å². The second kappa shape index (κ2) is 7.74. The normalized spacial score (nSPS) is 16.0. The summed E-state index contributed by atoms with van der Waals surface area (Å²) in [5, 5.41) is 0.781. The number of nitrogen functional groups attached to an aromatic ring is 1.